The third kappa shape index (κ3) is 1.58. The molecule has 0 radical (unpaired) electrons. The van der Waals surface area contributed by atoms with Crippen molar-refractivity contribution in [2.24, 2.45) is 5.73 Å². The molecule has 1 aromatic heterocycles. The second-order valence-corrected chi connectivity index (χ2v) is 2.39. The number of aryl methyl sites for hydroxylation is 1. The molecule has 0 aliphatic heterocycles. The molecule has 0 saturated carbocycles. The predicted molar refractivity (Wildman–Crippen MR) is 41.9 cm³/mol. The van der Waals surface area contributed by atoms with Crippen molar-refractivity contribution >= 4 is 0 Å². The SMILES string of the molecule is CCn1cncc1[C@H](N)CO. The average Bonchev–Trinajstić information content (AvgIpc) is 2.50. The Morgan fingerprint density at radius 2 is 2.55 bits per heavy atom. The molecule has 0 bridgehead atoms. The molecule has 4 nitrogen and oxygen atoms in total. The third-order valence-corrected chi connectivity index (χ3v) is 1.66. The average molecular weight is 155 g/mol. The molecule has 0 saturated heterocycles. The van der Waals surface area contributed by atoms with Gasteiger partial charge in [0.05, 0.1) is 24.7 Å². The molecule has 1 heterocycles. The second kappa shape index (κ2) is 3.50. The van der Waals surface area contributed by atoms with Crippen LogP contribution in [0.1, 0.15) is 18.7 Å². The van der Waals surface area contributed by atoms with Crippen LogP contribution in [-0.2, 0) is 6.54 Å². The van der Waals surface area contributed by atoms with Crippen molar-refractivity contribution in [1.29, 1.82) is 0 Å². The monoisotopic (exact) mass is 155 g/mol. The number of nitrogens with two attached hydrogens (primary N) is 1. The Labute approximate surface area is 65.7 Å². The summed E-state index contributed by atoms with van der Waals surface area (Å²) in [5.41, 5.74) is 6.49. The van der Waals surface area contributed by atoms with E-state index in [1.165, 1.54) is 0 Å². The maximum Gasteiger partial charge on any atom is 0.0948 e. The van der Waals surface area contributed by atoms with Crippen molar-refractivity contribution in [2.75, 3.05) is 6.61 Å². The number of hydrogen-bond donors (Lipinski definition) is 2. The van der Waals surface area contributed by atoms with Gasteiger partial charge in [0.15, 0.2) is 0 Å². The summed E-state index contributed by atoms with van der Waals surface area (Å²) in [7, 11) is 0. The fourth-order valence-electron chi connectivity index (χ4n) is 0.997. The zero-order chi connectivity index (χ0) is 8.27. The minimum Gasteiger partial charge on any atom is -0.394 e. The predicted octanol–water partition coefficient (Wildman–Crippen LogP) is -0.105. The first-order chi connectivity index (χ1) is 5.29. The van der Waals surface area contributed by atoms with Gasteiger partial charge in [-0.2, -0.15) is 0 Å². The summed E-state index contributed by atoms with van der Waals surface area (Å²) in [5, 5.41) is 8.76. The fourth-order valence-corrected chi connectivity index (χ4v) is 0.997. The van der Waals surface area contributed by atoms with Gasteiger partial charge in [-0.25, -0.2) is 4.98 Å². The molecular weight excluding hydrogens is 142 g/mol. The lowest BCUT2D eigenvalue weighted by molar-refractivity contribution is 0.263. The van der Waals surface area contributed by atoms with E-state index in [0.717, 1.165) is 12.2 Å². The molecule has 1 atom stereocenters. The van der Waals surface area contributed by atoms with Crippen LogP contribution in [0.25, 0.3) is 0 Å². The van der Waals surface area contributed by atoms with Crippen molar-refractivity contribution in [1.82, 2.24) is 9.55 Å². The number of nitrogens with zero attached hydrogens (tertiary/aromatic N) is 2. The molecule has 1 rings (SSSR count). The highest BCUT2D eigenvalue weighted by molar-refractivity contribution is 5.04. The number of aliphatic hydroxyl groups is 1. The molecular formula is C7H13N3O. The molecule has 0 amide bonds. The van der Waals surface area contributed by atoms with Gasteiger partial charge in [0.1, 0.15) is 0 Å². The van der Waals surface area contributed by atoms with Crippen LogP contribution in [-0.4, -0.2) is 21.3 Å². The van der Waals surface area contributed by atoms with E-state index in [2.05, 4.69) is 4.98 Å². The van der Waals surface area contributed by atoms with Gasteiger partial charge < -0.3 is 15.4 Å². The van der Waals surface area contributed by atoms with Gasteiger partial charge >= 0.3 is 0 Å². The summed E-state index contributed by atoms with van der Waals surface area (Å²) < 4.78 is 1.92. The summed E-state index contributed by atoms with van der Waals surface area (Å²) in [6, 6.07) is -0.308. The van der Waals surface area contributed by atoms with Crippen molar-refractivity contribution in [2.45, 2.75) is 19.5 Å². The Bertz CT molecular complexity index is 221. The maximum atomic E-state index is 8.76. The zero-order valence-electron chi connectivity index (χ0n) is 6.57. The first-order valence-electron chi connectivity index (χ1n) is 3.66. The van der Waals surface area contributed by atoms with Crippen molar-refractivity contribution in [3.63, 3.8) is 0 Å². The number of rotatable bonds is 3. The summed E-state index contributed by atoms with van der Waals surface area (Å²) in [6.07, 6.45) is 3.40. The zero-order valence-corrected chi connectivity index (χ0v) is 6.57. The van der Waals surface area contributed by atoms with E-state index in [1.54, 1.807) is 12.5 Å². The normalized spacial score (nSPS) is 13.4. The van der Waals surface area contributed by atoms with Gasteiger partial charge in [-0.1, -0.05) is 0 Å². The number of hydrogen-bond acceptors (Lipinski definition) is 3. The molecule has 0 spiro atoms. The lowest BCUT2D eigenvalue weighted by Crippen LogP contribution is -2.18. The Balaban J connectivity index is 2.83. The minimum atomic E-state index is -0.308. The van der Waals surface area contributed by atoms with Crippen LogP contribution in [0.15, 0.2) is 12.5 Å². The van der Waals surface area contributed by atoms with Gasteiger partial charge in [0.2, 0.25) is 0 Å². The minimum absolute atomic E-state index is 0.0360. The Morgan fingerprint density at radius 3 is 3.09 bits per heavy atom. The van der Waals surface area contributed by atoms with Gasteiger partial charge in [0, 0.05) is 12.7 Å². The van der Waals surface area contributed by atoms with E-state index < -0.39 is 0 Å². The molecule has 62 valence electrons. The van der Waals surface area contributed by atoms with Crippen molar-refractivity contribution in [3.8, 4) is 0 Å². The molecule has 0 aliphatic carbocycles. The summed E-state index contributed by atoms with van der Waals surface area (Å²) >= 11 is 0. The van der Waals surface area contributed by atoms with Gasteiger partial charge in [0.25, 0.3) is 0 Å². The summed E-state index contributed by atoms with van der Waals surface area (Å²) in [4.78, 5) is 3.93. The molecule has 0 unspecified atom stereocenters. The lowest BCUT2D eigenvalue weighted by Gasteiger charge is -2.09. The van der Waals surface area contributed by atoms with E-state index in [9.17, 15) is 0 Å². The number of aromatic nitrogens is 2. The topological polar surface area (TPSA) is 64.1 Å². The Hall–Kier alpha value is -0.870. The van der Waals surface area contributed by atoms with Crippen LogP contribution < -0.4 is 5.73 Å². The molecule has 1 aromatic rings. The summed E-state index contributed by atoms with van der Waals surface area (Å²) in [5.74, 6) is 0. The first kappa shape index (κ1) is 8.23. The highest BCUT2D eigenvalue weighted by Gasteiger charge is 2.08. The first-order valence-corrected chi connectivity index (χ1v) is 3.66. The van der Waals surface area contributed by atoms with Gasteiger partial charge in [-0.15, -0.1) is 0 Å². The molecule has 0 aromatic carbocycles. The standard InChI is InChI=1S/C7H13N3O/c1-2-10-5-9-3-7(10)6(8)4-11/h3,5-6,11H,2,4,8H2,1H3/t6-/m1/s1. The van der Waals surface area contributed by atoms with E-state index in [1.807, 2.05) is 11.5 Å². The van der Waals surface area contributed by atoms with Crippen LogP contribution in [0.2, 0.25) is 0 Å². The van der Waals surface area contributed by atoms with E-state index in [0.29, 0.717) is 0 Å². The Morgan fingerprint density at radius 1 is 1.82 bits per heavy atom. The highest BCUT2D eigenvalue weighted by Crippen LogP contribution is 2.07. The molecule has 0 aliphatic rings. The number of imidazole rings is 1. The summed E-state index contributed by atoms with van der Waals surface area (Å²) in [6.45, 7) is 2.81. The maximum absolute atomic E-state index is 8.76. The third-order valence-electron chi connectivity index (χ3n) is 1.66. The fraction of sp³-hybridized carbons (Fsp3) is 0.571. The van der Waals surface area contributed by atoms with Crippen molar-refractivity contribution in [3.05, 3.63) is 18.2 Å². The van der Waals surface area contributed by atoms with E-state index in [-0.39, 0.29) is 12.6 Å². The van der Waals surface area contributed by atoms with Crippen LogP contribution in [0.4, 0.5) is 0 Å². The largest absolute Gasteiger partial charge is 0.394 e. The molecule has 3 N–H and O–H groups in total. The molecule has 0 fully saturated rings. The second-order valence-electron chi connectivity index (χ2n) is 2.39. The quantitative estimate of drug-likeness (QED) is 0.640. The highest BCUT2D eigenvalue weighted by atomic mass is 16.3. The van der Waals surface area contributed by atoms with Crippen LogP contribution in [0.5, 0.6) is 0 Å². The smallest absolute Gasteiger partial charge is 0.0948 e. The van der Waals surface area contributed by atoms with Crippen LogP contribution in [0.3, 0.4) is 0 Å². The van der Waals surface area contributed by atoms with Gasteiger partial charge in [-0.05, 0) is 6.92 Å². The molecule has 4 heteroatoms. The number of aliphatic hydroxyl groups excluding tert-OH is 1. The lowest BCUT2D eigenvalue weighted by atomic mass is 10.2. The molecule has 11 heavy (non-hydrogen) atoms. The Kier molecular flexibility index (Phi) is 2.62. The van der Waals surface area contributed by atoms with E-state index in [4.69, 9.17) is 10.8 Å². The van der Waals surface area contributed by atoms with Crippen LogP contribution in [0, 0.1) is 0 Å². The van der Waals surface area contributed by atoms with Gasteiger partial charge in [-0.3, -0.25) is 0 Å². The van der Waals surface area contributed by atoms with Crippen LogP contribution >= 0.6 is 0 Å². The van der Waals surface area contributed by atoms with Crippen molar-refractivity contribution < 1.29 is 5.11 Å². The van der Waals surface area contributed by atoms with E-state index >= 15 is 0 Å².